The summed E-state index contributed by atoms with van der Waals surface area (Å²) in [6.07, 6.45) is 0. The van der Waals surface area contributed by atoms with E-state index in [-0.39, 0.29) is 5.78 Å². The van der Waals surface area contributed by atoms with Crippen LogP contribution >= 0.6 is 15.9 Å². The molecule has 0 aliphatic carbocycles. The zero-order valence-corrected chi connectivity index (χ0v) is 13.7. The Morgan fingerprint density at radius 3 is 2.20 bits per heavy atom. The molecule has 0 saturated carbocycles. The number of methoxy groups -OCH3 is 1. The second-order valence-electron chi connectivity index (χ2n) is 4.95. The molecular formula is C17H17BrO2. The van der Waals surface area contributed by atoms with E-state index in [1.807, 2.05) is 45.0 Å². The van der Waals surface area contributed by atoms with Gasteiger partial charge in [0, 0.05) is 10.0 Å². The lowest BCUT2D eigenvalue weighted by Crippen LogP contribution is -2.08. The van der Waals surface area contributed by atoms with E-state index in [0.717, 1.165) is 21.2 Å². The topological polar surface area (TPSA) is 26.3 Å². The van der Waals surface area contributed by atoms with Gasteiger partial charge in [-0.2, -0.15) is 0 Å². The van der Waals surface area contributed by atoms with Gasteiger partial charge in [-0.15, -0.1) is 0 Å². The fourth-order valence-electron chi connectivity index (χ4n) is 2.53. The van der Waals surface area contributed by atoms with Crippen LogP contribution < -0.4 is 4.74 Å². The van der Waals surface area contributed by atoms with Crippen molar-refractivity contribution >= 4 is 21.7 Å². The average Bonchev–Trinajstić information content (AvgIpc) is 2.37. The van der Waals surface area contributed by atoms with Gasteiger partial charge in [-0.3, -0.25) is 4.79 Å². The van der Waals surface area contributed by atoms with Gasteiger partial charge in [0.2, 0.25) is 0 Å². The zero-order chi connectivity index (χ0) is 14.9. The van der Waals surface area contributed by atoms with Crippen molar-refractivity contribution in [3.63, 3.8) is 0 Å². The number of ether oxygens (including phenoxy) is 1. The normalized spacial score (nSPS) is 10.4. The molecule has 0 unspecified atom stereocenters. The molecule has 2 rings (SSSR count). The quantitative estimate of drug-likeness (QED) is 0.767. The highest BCUT2D eigenvalue weighted by atomic mass is 79.9. The Kier molecular flexibility index (Phi) is 4.29. The number of ketones is 1. The van der Waals surface area contributed by atoms with Crippen molar-refractivity contribution in [2.24, 2.45) is 0 Å². The zero-order valence-electron chi connectivity index (χ0n) is 12.1. The van der Waals surface area contributed by atoms with Gasteiger partial charge in [0.25, 0.3) is 0 Å². The van der Waals surface area contributed by atoms with Crippen LogP contribution in [0.3, 0.4) is 0 Å². The molecule has 0 spiro atoms. The van der Waals surface area contributed by atoms with Crippen molar-refractivity contribution in [1.82, 2.24) is 0 Å². The van der Waals surface area contributed by atoms with Crippen molar-refractivity contribution in [3.8, 4) is 5.75 Å². The maximum Gasteiger partial charge on any atom is 0.197 e. The summed E-state index contributed by atoms with van der Waals surface area (Å²) < 4.78 is 6.21. The summed E-state index contributed by atoms with van der Waals surface area (Å²) in [5.41, 5.74) is 4.51. The minimum Gasteiger partial charge on any atom is -0.496 e. The molecule has 0 aliphatic heterocycles. The Bertz CT molecular complexity index is 652. The van der Waals surface area contributed by atoms with Crippen molar-refractivity contribution in [2.45, 2.75) is 20.8 Å². The molecule has 0 radical (unpaired) electrons. The van der Waals surface area contributed by atoms with Crippen LogP contribution in [0.25, 0.3) is 0 Å². The molecule has 104 valence electrons. The summed E-state index contributed by atoms with van der Waals surface area (Å²) in [4.78, 5) is 12.8. The van der Waals surface area contributed by atoms with Crippen LogP contribution in [0, 0.1) is 20.8 Å². The van der Waals surface area contributed by atoms with Gasteiger partial charge in [0.05, 0.1) is 12.7 Å². The van der Waals surface area contributed by atoms with Gasteiger partial charge in [-0.25, -0.2) is 0 Å². The smallest absolute Gasteiger partial charge is 0.197 e. The van der Waals surface area contributed by atoms with E-state index in [1.54, 1.807) is 13.2 Å². The Labute approximate surface area is 127 Å². The van der Waals surface area contributed by atoms with Crippen LogP contribution in [-0.2, 0) is 0 Å². The summed E-state index contributed by atoms with van der Waals surface area (Å²) >= 11 is 3.39. The maximum absolute atomic E-state index is 12.8. The van der Waals surface area contributed by atoms with Gasteiger partial charge >= 0.3 is 0 Å². The molecule has 2 nitrogen and oxygen atoms in total. The molecular weight excluding hydrogens is 316 g/mol. The molecule has 2 aromatic rings. The fourth-order valence-corrected chi connectivity index (χ4v) is 2.87. The Morgan fingerprint density at radius 1 is 1.05 bits per heavy atom. The van der Waals surface area contributed by atoms with E-state index in [0.29, 0.717) is 11.3 Å². The number of hydrogen-bond acceptors (Lipinski definition) is 2. The average molecular weight is 333 g/mol. The number of carbonyl (C=O) groups excluding carboxylic acids is 1. The fraction of sp³-hybridized carbons (Fsp3) is 0.235. The third-order valence-corrected chi connectivity index (χ3v) is 3.81. The van der Waals surface area contributed by atoms with Crippen molar-refractivity contribution in [3.05, 3.63) is 62.6 Å². The standard InChI is InChI=1S/C17H17BrO2/c1-10-7-11(2)16(12(3)8-10)17(19)14-6-5-13(18)9-15(14)20-4/h5-9H,1-4H3. The summed E-state index contributed by atoms with van der Waals surface area (Å²) in [6, 6.07) is 9.53. The molecule has 0 aliphatic rings. The first kappa shape index (κ1) is 14.8. The summed E-state index contributed by atoms with van der Waals surface area (Å²) in [7, 11) is 1.58. The highest BCUT2D eigenvalue weighted by Crippen LogP contribution is 2.28. The third kappa shape index (κ3) is 2.78. The van der Waals surface area contributed by atoms with Crippen LogP contribution in [0.2, 0.25) is 0 Å². The molecule has 0 amide bonds. The molecule has 0 N–H and O–H groups in total. The molecule has 0 bridgehead atoms. The highest BCUT2D eigenvalue weighted by molar-refractivity contribution is 9.10. The second kappa shape index (κ2) is 5.80. The van der Waals surface area contributed by atoms with Crippen molar-refractivity contribution in [2.75, 3.05) is 7.11 Å². The maximum atomic E-state index is 12.8. The first-order valence-electron chi connectivity index (χ1n) is 6.40. The molecule has 3 heteroatoms. The molecule has 0 aromatic heterocycles. The summed E-state index contributed by atoms with van der Waals surface area (Å²) in [5, 5.41) is 0. The Hall–Kier alpha value is -1.61. The third-order valence-electron chi connectivity index (χ3n) is 3.31. The first-order chi connectivity index (χ1) is 9.43. The monoisotopic (exact) mass is 332 g/mol. The molecule has 0 saturated heterocycles. The van der Waals surface area contributed by atoms with Crippen molar-refractivity contribution in [1.29, 1.82) is 0 Å². The molecule has 2 aromatic carbocycles. The molecule has 20 heavy (non-hydrogen) atoms. The minimum absolute atomic E-state index is 0.00403. The van der Waals surface area contributed by atoms with Gasteiger partial charge in [0.15, 0.2) is 5.78 Å². The number of hydrogen-bond donors (Lipinski definition) is 0. The molecule has 0 heterocycles. The first-order valence-corrected chi connectivity index (χ1v) is 7.19. The lowest BCUT2D eigenvalue weighted by Gasteiger charge is -2.13. The van der Waals surface area contributed by atoms with E-state index in [4.69, 9.17) is 4.74 Å². The molecule has 0 atom stereocenters. The second-order valence-corrected chi connectivity index (χ2v) is 5.86. The Balaban J connectivity index is 2.58. The minimum atomic E-state index is 0.00403. The lowest BCUT2D eigenvalue weighted by molar-refractivity contribution is 0.103. The summed E-state index contributed by atoms with van der Waals surface area (Å²) in [5.74, 6) is 0.591. The van der Waals surface area contributed by atoms with E-state index in [2.05, 4.69) is 15.9 Å². The molecule has 0 fully saturated rings. The van der Waals surface area contributed by atoms with Gasteiger partial charge < -0.3 is 4.74 Å². The number of carbonyl (C=O) groups is 1. The lowest BCUT2D eigenvalue weighted by atomic mass is 9.93. The van der Waals surface area contributed by atoms with E-state index < -0.39 is 0 Å². The number of halogens is 1. The predicted octanol–water partition coefficient (Wildman–Crippen LogP) is 4.61. The number of benzene rings is 2. The van der Waals surface area contributed by atoms with Gasteiger partial charge in [0.1, 0.15) is 5.75 Å². The van der Waals surface area contributed by atoms with Crippen LogP contribution in [0.5, 0.6) is 5.75 Å². The highest BCUT2D eigenvalue weighted by Gasteiger charge is 2.18. The van der Waals surface area contributed by atoms with E-state index in [1.165, 1.54) is 5.56 Å². The van der Waals surface area contributed by atoms with Gasteiger partial charge in [-0.1, -0.05) is 33.6 Å². The largest absolute Gasteiger partial charge is 0.496 e. The van der Waals surface area contributed by atoms with E-state index in [9.17, 15) is 4.79 Å². The number of rotatable bonds is 3. The predicted molar refractivity (Wildman–Crippen MR) is 84.8 cm³/mol. The van der Waals surface area contributed by atoms with Crippen LogP contribution in [0.4, 0.5) is 0 Å². The van der Waals surface area contributed by atoms with Crippen LogP contribution in [-0.4, -0.2) is 12.9 Å². The van der Waals surface area contributed by atoms with Crippen LogP contribution in [0.1, 0.15) is 32.6 Å². The number of aryl methyl sites for hydroxylation is 3. The van der Waals surface area contributed by atoms with Crippen LogP contribution in [0.15, 0.2) is 34.8 Å². The van der Waals surface area contributed by atoms with E-state index >= 15 is 0 Å². The van der Waals surface area contributed by atoms with Crippen molar-refractivity contribution < 1.29 is 9.53 Å². The summed E-state index contributed by atoms with van der Waals surface area (Å²) in [6.45, 7) is 5.98. The Morgan fingerprint density at radius 2 is 1.65 bits per heavy atom. The SMILES string of the molecule is COc1cc(Br)ccc1C(=O)c1c(C)cc(C)cc1C. The van der Waals surface area contributed by atoms with Gasteiger partial charge in [-0.05, 0) is 50.1 Å².